The van der Waals surface area contributed by atoms with Crippen molar-refractivity contribution >= 4 is 23.5 Å². The van der Waals surface area contributed by atoms with Gasteiger partial charge in [-0.3, -0.25) is 14.7 Å². The van der Waals surface area contributed by atoms with Gasteiger partial charge in [0.2, 0.25) is 0 Å². The van der Waals surface area contributed by atoms with Crippen molar-refractivity contribution in [3.8, 4) is 5.75 Å². The number of amides is 1. The van der Waals surface area contributed by atoms with Crippen molar-refractivity contribution in [3.63, 3.8) is 0 Å². The summed E-state index contributed by atoms with van der Waals surface area (Å²) in [5.74, 6) is 0.555. The second-order valence-electron chi connectivity index (χ2n) is 6.32. The van der Waals surface area contributed by atoms with E-state index >= 15 is 0 Å². The van der Waals surface area contributed by atoms with Gasteiger partial charge in [-0.05, 0) is 79.2 Å². The number of benzene rings is 2. The number of pyridine rings is 1. The number of rotatable bonds is 5. The zero-order valence-corrected chi connectivity index (χ0v) is 15.7. The first-order chi connectivity index (χ1) is 14.2. The number of carbonyl (C=O) groups excluding carboxylic acids is 1. The summed E-state index contributed by atoms with van der Waals surface area (Å²) in [6.07, 6.45) is 5.02. The number of ether oxygens (including phenoxy) is 1. The van der Waals surface area contributed by atoms with Crippen LogP contribution in [0, 0.1) is 5.82 Å². The van der Waals surface area contributed by atoms with E-state index in [0.717, 1.165) is 11.3 Å². The maximum absolute atomic E-state index is 13.4. The third-order valence-electron chi connectivity index (χ3n) is 4.38. The quantitative estimate of drug-likeness (QED) is 0.608. The average Bonchev–Trinajstić information content (AvgIpc) is 3.06. The molecule has 0 atom stereocenters. The molecule has 0 aliphatic carbocycles. The Kier molecular flexibility index (Phi) is 5.16. The van der Waals surface area contributed by atoms with Crippen molar-refractivity contribution in [2.45, 2.75) is 6.92 Å². The molecule has 0 bridgehead atoms. The Morgan fingerprint density at radius 3 is 2.34 bits per heavy atom. The highest BCUT2D eigenvalue weighted by Gasteiger charge is 2.32. The second-order valence-corrected chi connectivity index (χ2v) is 6.32. The molecule has 0 saturated heterocycles. The Labute approximate surface area is 167 Å². The summed E-state index contributed by atoms with van der Waals surface area (Å²) in [6.45, 7) is 2.47. The summed E-state index contributed by atoms with van der Waals surface area (Å²) in [5, 5.41) is 0. The van der Waals surface area contributed by atoms with Crippen molar-refractivity contribution in [1.82, 2.24) is 4.98 Å². The van der Waals surface area contributed by atoms with Crippen LogP contribution in [0.4, 0.5) is 10.1 Å². The van der Waals surface area contributed by atoms with Gasteiger partial charge in [0.1, 0.15) is 23.1 Å². The van der Waals surface area contributed by atoms with Gasteiger partial charge in [0.25, 0.3) is 5.91 Å². The molecule has 2 heterocycles. The highest BCUT2D eigenvalue weighted by Crippen LogP contribution is 2.29. The van der Waals surface area contributed by atoms with Crippen molar-refractivity contribution in [3.05, 3.63) is 95.7 Å². The summed E-state index contributed by atoms with van der Waals surface area (Å²) in [6, 6.07) is 16.7. The largest absolute Gasteiger partial charge is 0.494 e. The lowest BCUT2D eigenvalue weighted by molar-refractivity contribution is -0.113. The molecule has 1 aromatic heterocycles. The fourth-order valence-electron chi connectivity index (χ4n) is 3.02. The maximum Gasteiger partial charge on any atom is 0.282 e. The molecular weight excluding hydrogens is 369 g/mol. The summed E-state index contributed by atoms with van der Waals surface area (Å²) in [5.41, 5.74) is 2.41. The minimum absolute atomic E-state index is 0.259. The van der Waals surface area contributed by atoms with Crippen LogP contribution in [0.3, 0.4) is 0 Å². The molecule has 1 aliphatic rings. The van der Waals surface area contributed by atoms with Crippen LogP contribution in [0.25, 0.3) is 6.08 Å². The molecule has 3 aromatic rings. The lowest BCUT2D eigenvalue weighted by Crippen LogP contribution is -2.32. The maximum atomic E-state index is 13.4. The van der Waals surface area contributed by atoms with Crippen LogP contribution < -0.4 is 9.64 Å². The summed E-state index contributed by atoms with van der Waals surface area (Å²) in [4.78, 5) is 23.3. The van der Waals surface area contributed by atoms with Crippen LogP contribution in [0.15, 0.2) is 83.7 Å². The van der Waals surface area contributed by atoms with Crippen molar-refractivity contribution in [2.75, 3.05) is 11.5 Å². The van der Waals surface area contributed by atoms with Gasteiger partial charge in [-0.2, -0.15) is 0 Å². The molecule has 0 unspecified atom stereocenters. The third kappa shape index (κ3) is 3.91. The lowest BCUT2D eigenvalue weighted by atomic mass is 10.1. The zero-order valence-electron chi connectivity index (χ0n) is 15.7. The van der Waals surface area contributed by atoms with Crippen LogP contribution in [-0.4, -0.2) is 23.3 Å². The van der Waals surface area contributed by atoms with Crippen molar-refractivity contribution < 1.29 is 13.9 Å². The minimum Gasteiger partial charge on any atom is -0.494 e. The van der Waals surface area contributed by atoms with E-state index in [4.69, 9.17) is 4.74 Å². The van der Waals surface area contributed by atoms with Crippen LogP contribution in [0.5, 0.6) is 5.75 Å². The predicted molar refractivity (Wildman–Crippen MR) is 110 cm³/mol. The number of nitrogens with zero attached hydrogens (tertiary/aromatic N) is 3. The van der Waals surface area contributed by atoms with Crippen LogP contribution >= 0.6 is 0 Å². The molecule has 29 heavy (non-hydrogen) atoms. The topological polar surface area (TPSA) is 54.8 Å². The first kappa shape index (κ1) is 18.6. The van der Waals surface area contributed by atoms with Crippen LogP contribution in [0.2, 0.25) is 0 Å². The summed E-state index contributed by atoms with van der Waals surface area (Å²) < 4.78 is 18.9. The highest BCUT2D eigenvalue weighted by molar-refractivity contribution is 6.33. The van der Waals surface area contributed by atoms with E-state index in [0.29, 0.717) is 29.4 Å². The van der Waals surface area contributed by atoms with Gasteiger partial charge in [0.15, 0.2) is 0 Å². The SMILES string of the molecule is CCOc1ccc(N2C(=O)/C(=C\c3ccncc3)N=C2c2ccc(F)cc2)cc1. The molecule has 2 aromatic carbocycles. The van der Waals surface area contributed by atoms with E-state index < -0.39 is 0 Å². The number of hydrogen-bond acceptors (Lipinski definition) is 4. The second kappa shape index (κ2) is 8.06. The molecular formula is C23H18FN3O2. The molecule has 0 spiro atoms. The van der Waals surface area contributed by atoms with Crippen molar-refractivity contribution in [2.24, 2.45) is 4.99 Å². The van der Waals surface area contributed by atoms with E-state index in [2.05, 4.69) is 9.98 Å². The molecule has 144 valence electrons. The first-order valence-electron chi connectivity index (χ1n) is 9.19. The fourth-order valence-corrected chi connectivity index (χ4v) is 3.02. The molecule has 1 aliphatic heterocycles. The number of aliphatic imine (C=N–C) groups is 1. The van der Waals surface area contributed by atoms with E-state index in [1.165, 1.54) is 17.0 Å². The zero-order chi connectivity index (χ0) is 20.2. The Morgan fingerprint density at radius 1 is 1.00 bits per heavy atom. The van der Waals surface area contributed by atoms with Crippen molar-refractivity contribution in [1.29, 1.82) is 0 Å². The molecule has 0 fully saturated rings. The molecule has 1 amide bonds. The Hall–Kier alpha value is -3.80. The van der Waals surface area contributed by atoms with E-state index in [1.807, 2.05) is 6.92 Å². The molecule has 0 N–H and O–H groups in total. The number of anilines is 1. The molecule has 0 radical (unpaired) electrons. The highest BCUT2D eigenvalue weighted by atomic mass is 19.1. The Balaban J connectivity index is 1.77. The molecule has 0 saturated carbocycles. The third-order valence-corrected chi connectivity index (χ3v) is 4.38. The molecule has 6 heteroatoms. The molecule has 4 rings (SSSR count). The first-order valence-corrected chi connectivity index (χ1v) is 9.19. The van der Waals surface area contributed by atoms with Gasteiger partial charge >= 0.3 is 0 Å². The standard InChI is InChI=1S/C23H18FN3O2/c1-2-29-20-9-7-19(8-10-20)27-22(17-3-5-18(24)6-4-17)26-21(23(27)28)15-16-11-13-25-14-12-16/h3-15H,2H2,1H3/b21-15+. The van der Waals surface area contributed by atoms with Crippen LogP contribution in [-0.2, 0) is 4.79 Å². The predicted octanol–water partition coefficient (Wildman–Crippen LogP) is 4.45. The number of amidine groups is 1. The molecule has 5 nitrogen and oxygen atoms in total. The summed E-state index contributed by atoms with van der Waals surface area (Å²) >= 11 is 0. The van der Waals surface area contributed by atoms with Gasteiger partial charge in [-0.1, -0.05) is 0 Å². The number of hydrogen-bond donors (Lipinski definition) is 0. The van der Waals surface area contributed by atoms with E-state index in [-0.39, 0.29) is 11.7 Å². The normalized spacial score (nSPS) is 15.0. The van der Waals surface area contributed by atoms with Gasteiger partial charge in [-0.25, -0.2) is 9.38 Å². The summed E-state index contributed by atoms with van der Waals surface area (Å²) in [7, 11) is 0. The average molecular weight is 387 g/mol. The Morgan fingerprint density at radius 2 is 1.69 bits per heavy atom. The number of halogens is 1. The monoisotopic (exact) mass is 387 g/mol. The van der Waals surface area contributed by atoms with Gasteiger partial charge in [0, 0.05) is 18.0 Å². The number of aromatic nitrogens is 1. The van der Waals surface area contributed by atoms with Gasteiger partial charge < -0.3 is 4.74 Å². The lowest BCUT2D eigenvalue weighted by Gasteiger charge is -2.19. The van der Waals surface area contributed by atoms with E-state index in [1.54, 1.807) is 67.0 Å². The van der Waals surface area contributed by atoms with Gasteiger partial charge in [0.05, 0.1) is 12.3 Å². The minimum atomic E-state index is -0.348. The number of carbonyl (C=O) groups is 1. The van der Waals surface area contributed by atoms with Crippen LogP contribution in [0.1, 0.15) is 18.1 Å². The smallest absolute Gasteiger partial charge is 0.282 e. The fraction of sp³-hybridized carbons (Fsp3) is 0.0870. The van der Waals surface area contributed by atoms with E-state index in [9.17, 15) is 9.18 Å². The van der Waals surface area contributed by atoms with Gasteiger partial charge in [-0.15, -0.1) is 0 Å². The Bertz CT molecular complexity index is 1080.